The minimum atomic E-state index is 0.598. The van der Waals surface area contributed by atoms with Crippen LogP contribution in [-0.4, -0.2) is 26.7 Å². The fourth-order valence-corrected chi connectivity index (χ4v) is 3.16. The first-order chi connectivity index (χ1) is 8.13. The van der Waals surface area contributed by atoms with Gasteiger partial charge in [0.1, 0.15) is 0 Å². The Morgan fingerprint density at radius 2 is 2.18 bits per heavy atom. The molecule has 2 rings (SSSR count). The van der Waals surface area contributed by atoms with Crippen LogP contribution in [0.1, 0.15) is 6.42 Å². The first-order valence-electron chi connectivity index (χ1n) is 5.66. The second kappa shape index (κ2) is 5.79. The van der Waals surface area contributed by atoms with Crippen LogP contribution >= 0.6 is 39.1 Å². The Labute approximate surface area is 120 Å². The first-order valence-corrected chi connectivity index (χ1v) is 7.21. The number of anilines is 1. The minimum absolute atomic E-state index is 0.598. The van der Waals surface area contributed by atoms with Crippen LogP contribution in [0.25, 0.3) is 0 Å². The van der Waals surface area contributed by atoms with Crippen LogP contribution in [-0.2, 0) is 0 Å². The Balaban J connectivity index is 2.16. The maximum absolute atomic E-state index is 6.28. The molecule has 1 unspecified atom stereocenters. The van der Waals surface area contributed by atoms with E-state index in [0.29, 0.717) is 16.0 Å². The van der Waals surface area contributed by atoms with Crippen molar-refractivity contribution in [2.75, 3.05) is 31.6 Å². The molecule has 94 valence electrons. The molecule has 0 aromatic heterocycles. The monoisotopic (exact) mass is 336 g/mol. The molecule has 0 spiro atoms. The van der Waals surface area contributed by atoms with Gasteiger partial charge >= 0.3 is 0 Å². The van der Waals surface area contributed by atoms with Crippen LogP contribution in [0.4, 0.5) is 5.69 Å². The first kappa shape index (κ1) is 13.5. The third-order valence-corrected chi connectivity index (χ3v) is 4.90. The lowest BCUT2D eigenvalue weighted by molar-refractivity contribution is 0.549. The summed E-state index contributed by atoms with van der Waals surface area (Å²) in [4.78, 5) is 2.31. The molecule has 1 aromatic carbocycles. The molecule has 0 saturated carbocycles. The van der Waals surface area contributed by atoms with E-state index in [9.17, 15) is 0 Å². The van der Waals surface area contributed by atoms with Crippen LogP contribution in [0.3, 0.4) is 0 Å². The van der Waals surface area contributed by atoms with Gasteiger partial charge < -0.3 is 10.2 Å². The minimum Gasteiger partial charge on any atom is -0.370 e. The number of nitrogens with zero attached hydrogens (tertiary/aromatic N) is 1. The predicted molar refractivity (Wildman–Crippen MR) is 78.4 cm³/mol. The number of hydrogen-bond donors (Lipinski definition) is 1. The predicted octanol–water partition coefficient (Wildman–Crippen LogP) is 3.80. The van der Waals surface area contributed by atoms with Crippen LogP contribution in [0, 0.1) is 5.92 Å². The molecule has 1 saturated heterocycles. The van der Waals surface area contributed by atoms with Crippen molar-refractivity contribution in [2.45, 2.75) is 6.42 Å². The molecule has 0 radical (unpaired) electrons. The molecule has 1 N–H and O–H groups in total. The number of benzene rings is 1. The Morgan fingerprint density at radius 1 is 1.41 bits per heavy atom. The van der Waals surface area contributed by atoms with Crippen LogP contribution < -0.4 is 10.2 Å². The number of hydrogen-bond acceptors (Lipinski definition) is 2. The zero-order chi connectivity index (χ0) is 12.4. The van der Waals surface area contributed by atoms with E-state index >= 15 is 0 Å². The van der Waals surface area contributed by atoms with E-state index in [-0.39, 0.29) is 0 Å². The van der Waals surface area contributed by atoms with Crippen molar-refractivity contribution < 1.29 is 0 Å². The largest absolute Gasteiger partial charge is 0.370 e. The summed E-state index contributed by atoms with van der Waals surface area (Å²) < 4.78 is 0.846. The van der Waals surface area contributed by atoms with Gasteiger partial charge in [0, 0.05) is 17.6 Å². The van der Waals surface area contributed by atoms with Gasteiger partial charge in [0.2, 0.25) is 0 Å². The second-order valence-electron chi connectivity index (χ2n) is 4.35. The van der Waals surface area contributed by atoms with E-state index in [1.165, 1.54) is 6.42 Å². The highest BCUT2D eigenvalue weighted by Gasteiger charge is 2.24. The Morgan fingerprint density at radius 3 is 2.88 bits per heavy atom. The molecular formula is C12H15BrCl2N2. The summed E-state index contributed by atoms with van der Waals surface area (Å²) in [5.41, 5.74) is 1.04. The molecule has 1 heterocycles. The van der Waals surface area contributed by atoms with Crippen molar-refractivity contribution >= 4 is 44.8 Å². The average Bonchev–Trinajstić information content (AvgIpc) is 2.75. The molecule has 1 aliphatic heterocycles. The van der Waals surface area contributed by atoms with Crippen molar-refractivity contribution in [2.24, 2.45) is 5.92 Å². The summed E-state index contributed by atoms with van der Waals surface area (Å²) in [5.74, 6) is 0.693. The van der Waals surface area contributed by atoms with Crippen molar-refractivity contribution in [1.82, 2.24) is 5.32 Å². The molecule has 1 aliphatic rings. The Hall–Kier alpha value is 0.0400. The highest BCUT2D eigenvalue weighted by Crippen LogP contribution is 2.39. The van der Waals surface area contributed by atoms with Gasteiger partial charge in [-0.15, -0.1) is 0 Å². The van der Waals surface area contributed by atoms with Crippen LogP contribution in [0.5, 0.6) is 0 Å². The summed E-state index contributed by atoms with van der Waals surface area (Å²) >= 11 is 15.8. The smallest absolute Gasteiger partial charge is 0.0837 e. The van der Waals surface area contributed by atoms with Gasteiger partial charge in [0.25, 0.3) is 0 Å². The van der Waals surface area contributed by atoms with Gasteiger partial charge in [-0.3, -0.25) is 0 Å². The molecule has 1 atom stereocenters. The Bertz CT molecular complexity index is 412. The van der Waals surface area contributed by atoms with E-state index in [2.05, 4.69) is 26.1 Å². The fraction of sp³-hybridized carbons (Fsp3) is 0.500. The zero-order valence-electron chi connectivity index (χ0n) is 9.64. The highest BCUT2D eigenvalue weighted by molar-refractivity contribution is 9.10. The summed E-state index contributed by atoms with van der Waals surface area (Å²) in [7, 11) is 1.99. The SMILES string of the molecule is CNCC1CCN(c2ccc(Br)c(Cl)c2Cl)C1. The highest BCUT2D eigenvalue weighted by atomic mass is 79.9. The van der Waals surface area contributed by atoms with Gasteiger partial charge in [-0.1, -0.05) is 23.2 Å². The molecule has 1 aromatic rings. The fourth-order valence-electron chi connectivity index (χ4n) is 2.27. The quantitative estimate of drug-likeness (QED) is 0.844. The van der Waals surface area contributed by atoms with E-state index in [0.717, 1.165) is 29.8 Å². The van der Waals surface area contributed by atoms with Gasteiger partial charge in [-0.05, 0) is 54.0 Å². The van der Waals surface area contributed by atoms with Gasteiger partial charge in [-0.25, -0.2) is 0 Å². The van der Waals surface area contributed by atoms with E-state index < -0.39 is 0 Å². The van der Waals surface area contributed by atoms with E-state index in [4.69, 9.17) is 23.2 Å². The lowest BCUT2D eigenvalue weighted by atomic mass is 10.1. The summed E-state index contributed by atoms with van der Waals surface area (Å²) in [6.45, 7) is 3.14. The van der Waals surface area contributed by atoms with Crippen molar-refractivity contribution in [3.05, 3.63) is 26.7 Å². The van der Waals surface area contributed by atoms with Gasteiger partial charge in [0.15, 0.2) is 0 Å². The number of halogens is 3. The summed E-state index contributed by atoms with van der Waals surface area (Å²) in [6.07, 6.45) is 1.20. The molecule has 2 nitrogen and oxygen atoms in total. The summed E-state index contributed by atoms with van der Waals surface area (Å²) in [6, 6.07) is 3.98. The molecule has 5 heteroatoms. The van der Waals surface area contributed by atoms with Crippen molar-refractivity contribution in [1.29, 1.82) is 0 Å². The normalized spacial score (nSPS) is 20.0. The van der Waals surface area contributed by atoms with Crippen LogP contribution in [0.2, 0.25) is 10.0 Å². The number of rotatable bonds is 3. The zero-order valence-corrected chi connectivity index (χ0v) is 12.7. The molecule has 0 amide bonds. The van der Waals surface area contributed by atoms with E-state index in [1.807, 2.05) is 19.2 Å². The van der Waals surface area contributed by atoms with Crippen molar-refractivity contribution in [3.63, 3.8) is 0 Å². The summed E-state index contributed by atoms with van der Waals surface area (Å²) in [5, 5.41) is 4.47. The van der Waals surface area contributed by atoms with Crippen LogP contribution in [0.15, 0.2) is 16.6 Å². The molecule has 17 heavy (non-hydrogen) atoms. The van der Waals surface area contributed by atoms with Gasteiger partial charge in [-0.2, -0.15) is 0 Å². The third-order valence-electron chi connectivity index (χ3n) is 3.13. The molecular weight excluding hydrogens is 323 g/mol. The molecule has 0 bridgehead atoms. The molecule has 1 fully saturated rings. The lowest BCUT2D eigenvalue weighted by Crippen LogP contribution is -2.24. The lowest BCUT2D eigenvalue weighted by Gasteiger charge is -2.21. The Kier molecular flexibility index (Phi) is 4.59. The second-order valence-corrected chi connectivity index (χ2v) is 5.96. The standard InChI is InChI=1S/C12H15BrCl2N2/c1-16-6-8-4-5-17(7-8)10-3-2-9(13)11(14)12(10)15/h2-3,8,16H,4-7H2,1H3. The van der Waals surface area contributed by atoms with Crippen molar-refractivity contribution in [3.8, 4) is 0 Å². The maximum atomic E-state index is 6.28. The average molecular weight is 338 g/mol. The van der Waals surface area contributed by atoms with E-state index in [1.54, 1.807) is 0 Å². The number of nitrogens with one attached hydrogen (secondary N) is 1. The topological polar surface area (TPSA) is 15.3 Å². The van der Waals surface area contributed by atoms with Gasteiger partial charge in [0.05, 0.1) is 15.7 Å². The molecule has 0 aliphatic carbocycles. The third kappa shape index (κ3) is 2.90. The maximum Gasteiger partial charge on any atom is 0.0837 e.